The van der Waals surface area contributed by atoms with Crippen LogP contribution in [0, 0.1) is 0 Å². The van der Waals surface area contributed by atoms with Crippen LogP contribution in [-0.2, 0) is 16.0 Å². The lowest BCUT2D eigenvalue weighted by Gasteiger charge is -2.13. The summed E-state index contributed by atoms with van der Waals surface area (Å²) in [5.41, 5.74) is -0.640. The minimum absolute atomic E-state index is 0.155. The van der Waals surface area contributed by atoms with Crippen molar-refractivity contribution in [1.82, 2.24) is 9.78 Å². The van der Waals surface area contributed by atoms with E-state index in [0.717, 1.165) is 4.68 Å². The Labute approximate surface area is 80.1 Å². The molecule has 0 fully saturated rings. The summed E-state index contributed by atoms with van der Waals surface area (Å²) >= 11 is 0. The maximum absolute atomic E-state index is 11.2. The smallest absolute Gasteiger partial charge is 0.265 e. The summed E-state index contributed by atoms with van der Waals surface area (Å²) in [7, 11) is 2.92. The van der Waals surface area contributed by atoms with Crippen LogP contribution >= 0.6 is 0 Å². The van der Waals surface area contributed by atoms with E-state index in [1.165, 1.54) is 26.4 Å². The van der Waals surface area contributed by atoms with E-state index < -0.39 is 6.29 Å². The highest BCUT2D eigenvalue weighted by atomic mass is 16.7. The van der Waals surface area contributed by atoms with Gasteiger partial charge >= 0.3 is 0 Å². The Bertz CT molecular complexity index is 391. The number of rotatable bonds is 4. The fraction of sp³-hybridized carbons (Fsp3) is 0.500. The number of H-pyrrole nitrogens is 1. The summed E-state index contributed by atoms with van der Waals surface area (Å²) in [4.78, 5) is 22.1. The standard InChI is InChI=1S/C8H12N2O4/c1-13-8(14-2)5-10-7(12)4-3-6(11)9-10/h3-4,8H,5H2,1-2H3,(H,9,11). The van der Waals surface area contributed by atoms with Crippen LogP contribution in [0.25, 0.3) is 0 Å². The van der Waals surface area contributed by atoms with Gasteiger partial charge in [-0.3, -0.25) is 14.7 Å². The summed E-state index contributed by atoms with van der Waals surface area (Å²) in [6.07, 6.45) is -0.550. The molecule has 0 saturated heterocycles. The van der Waals surface area contributed by atoms with Crippen molar-refractivity contribution in [3.8, 4) is 0 Å². The molecule has 0 aliphatic heterocycles. The zero-order valence-corrected chi connectivity index (χ0v) is 8.02. The van der Waals surface area contributed by atoms with E-state index in [1.54, 1.807) is 0 Å². The van der Waals surface area contributed by atoms with Gasteiger partial charge in [0.15, 0.2) is 6.29 Å². The third-order valence-corrected chi connectivity index (χ3v) is 1.75. The molecule has 1 N–H and O–H groups in total. The van der Waals surface area contributed by atoms with E-state index in [2.05, 4.69) is 5.10 Å². The molecule has 0 aliphatic carbocycles. The highest BCUT2D eigenvalue weighted by Crippen LogP contribution is 1.91. The molecule has 1 rings (SSSR count). The topological polar surface area (TPSA) is 73.3 Å². The Kier molecular flexibility index (Phi) is 3.61. The second-order valence-corrected chi connectivity index (χ2v) is 2.66. The lowest BCUT2D eigenvalue weighted by atomic mass is 10.5. The van der Waals surface area contributed by atoms with Crippen LogP contribution < -0.4 is 11.1 Å². The molecule has 0 aromatic carbocycles. The van der Waals surface area contributed by atoms with Crippen molar-refractivity contribution in [3.63, 3.8) is 0 Å². The predicted molar refractivity (Wildman–Crippen MR) is 49.1 cm³/mol. The molecule has 1 aromatic rings. The Hall–Kier alpha value is -1.40. The van der Waals surface area contributed by atoms with Gasteiger partial charge in [0.25, 0.3) is 11.1 Å². The third-order valence-electron chi connectivity index (χ3n) is 1.75. The van der Waals surface area contributed by atoms with Crippen molar-refractivity contribution in [1.29, 1.82) is 0 Å². The Balaban J connectivity index is 2.90. The average molecular weight is 200 g/mol. The summed E-state index contributed by atoms with van der Waals surface area (Å²) < 4.78 is 10.9. The van der Waals surface area contributed by atoms with E-state index in [1.807, 2.05) is 0 Å². The van der Waals surface area contributed by atoms with Gasteiger partial charge in [-0.1, -0.05) is 0 Å². The molecule has 0 spiro atoms. The summed E-state index contributed by atoms with van der Waals surface area (Å²) in [6.45, 7) is 0.155. The van der Waals surface area contributed by atoms with Crippen LogP contribution in [0.3, 0.4) is 0 Å². The first-order chi connectivity index (χ1) is 6.67. The minimum atomic E-state index is -0.550. The van der Waals surface area contributed by atoms with Crippen molar-refractivity contribution >= 4 is 0 Å². The van der Waals surface area contributed by atoms with Gasteiger partial charge in [0.1, 0.15) is 0 Å². The molecule has 0 amide bonds. The van der Waals surface area contributed by atoms with E-state index in [4.69, 9.17) is 9.47 Å². The van der Waals surface area contributed by atoms with E-state index >= 15 is 0 Å². The normalized spacial score (nSPS) is 10.8. The monoisotopic (exact) mass is 200 g/mol. The number of aromatic nitrogens is 2. The van der Waals surface area contributed by atoms with Gasteiger partial charge in [0.2, 0.25) is 0 Å². The van der Waals surface area contributed by atoms with Crippen LogP contribution in [-0.4, -0.2) is 30.3 Å². The number of methoxy groups -OCH3 is 2. The highest BCUT2D eigenvalue weighted by Gasteiger charge is 2.07. The second-order valence-electron chi connectivity index (χ2n) is 2.66. The number of nitrogens with one attached hydrogen (secondary N) is 1. The lowest BCUT2D eigenvalue weighted by molar-refractivity contribution is -0.113. The molecule has 1 aromatic heterocycles. The average Bonchev–Trinajstić information content (AvgIpc) is 2.19. The summed E-state index contributed by atoms with van der Waals surface area (Å²) in [5.74, 6) is 0. The van der Waals surface area contributed by atoms with Gasteiger partial charge in [-0.25, -0.2) is 4.68 Å². The van der Waals surface area contributed by atoms with Gasteiger partial charge in [0, 0.05) is 26.4 Å². The van der Waals surface area contributed by atoms with Crippen LogP contribution in [0.2, 0.25) is 0 Å². The summed E-state index contributed by atoms with van der Waals surface area (Å²) in [6, 6.07) is 2.37. The van der Waals surface area contributed by atoms with Crippen molar-refractivity contribution in [2.45, 2.75) is 12.8 Å². The molecule has 6 heteroatoms. The highest BCUT2D eigenvalue weighted by molar-refractivity contribution is 4.85. The first-order valence-corrected chi connectivity index (χ1v) is 4.03. The van der Waals surface area contributed by atoms with Crippen LogP contribution in [0.15, 0.2) is 21.7 Å². The van der Waals surface area contributed by atoms with Gasteiger partial charge in [-0.05, 0) is 0 Å². The van der Waals surface area contributed by atoms with Gasteiger partial charge < -0.3 is 9.47 Å². The van der Waals surface area contributed by atoms with Crippen LogP contribution in [0.1, 0.15) is 0 Å². The maximum atomic E-state index is 11.2. The van der Waals surface area contributed by atoms with Crippen molar-refractivity contribution in [2.24, 2.45) is 0 Å². The second kappa shape index (κ2) is 4.73. The Morgan fingerprint density at radius 3 is 2.57 bits per heavy atom. The van der Waals surface area contributed by atoms with E-state index in [0.29, 0.717) is 0 Å². The molecule has 6 nitrogen and oxygen atoms in total. The van der Waals surface area contributed by atoms with Crippen LogP contribution in [0.4, 0.5) is 0 Å². The molecular weight excluding hydrogens is 188 g/mol. The minimum Gasteiger partial charge on any atom is -0.354 e. The first-order valence-electron chi connectivity index (χ1n) is 4.03. The van der Waals surface area contributed by atoms with Crippen molar-refractivity contribution in [3.05, 3.63) is 32.8 Å². The van der Waals surface area contributed by atoms with Gasteiger partial charge in [-0.15, -0.1) is 0 Å². The molecule has 14 heavy (non-hydrogen) atoms. The fourth-order valence-corrected chi connectivity index (χ4v) is 0.992. The van der Waals surface area contributed by atoms with E-state index in [-0.39, 0.29) is 17.7 Å². The first kappa shape index (κ1) is 10.7. The summed E-state index contributed by atoms with van der Waals surface area (Å²) in [5, 5.41) is 2.36. The number of nitrogens with zero attached hydrogens (tertiary/aromatic N) is 1. The molecule has 0 radical (unpaired) electrons. The van der Waals surface area contributed by atoms with Crippen molar-refractivity contribution in [2.75, 3.05) is 14.2 Å². The largest absolute Gasteiger partial charge is 0.354 e. The Morgan fingerprint density at radius 1 is 1.36 bits per heavy atom. The molecule has 78 valence electrons. The fourth-order valence-electron chi connectivity index (χ4n) is 0.992. The lowest BCUT2D eigenvalue weighted by Crippen LogP contribution is -2.33. The molecule has 0 bridgehead atoms. The van der Waals surface area contributed by atoms with Crippen molar-refractivity contribution < 1.29 is 9.47 Å². The molecular formula is C8H12N2O4. The molecule has 0 atom stereocenters. The quantitative estimate of drug-likeness (QED) is 0.643. The Morgan fingerprint density at radius 2 is 2.00 bits per heavy atom. The molecule has 0 aliphatic rings. The van der Waals surface area contributed by atoms with E-state index in [9.17, 15) is 9.59 Å². The molecule has 0 unspecified atom stereocenters. The van der Waals surface area contributed by atoms with Gasteiger partial charge in [-0.2, -0.15) is 0 Å². The number of hydrogen-bond acceptors (Lipinski definition) is 4. The zero-order chi connectivity index (χ0) is 10.6. The number of ether oxygens (including phenoxy) is 2. The predicted octanol–water partition coefficient (Wildman–Crippen LogP) is -0.845. The molecule has 0 saturated carbocycles. The SMILES string of the molecule is COC(Cn1[nH]c(=O)ccc1=O)OC. The van der Waals surface area contributed by atoms with Crippen LogP contribution in [0.5, 0.6) is 0 Å². The zero-order valence-electron chi connectivity index (χ0n) is 8.02. The number of aromatic amines is 1. The third kappa shape index (κ3) is 2.54. The van der Waals surface area contributed by atoms with Gasteiger partial charge in [0.05, 0.1) is 6.54 Å². The molecule has 1 heterocycles. The maximum Gasteiger partial charge on any atom is 0.265 e. The number of hydrogen-bond donors (Lipinski definition) is 1.